The molecule has 2 heterocycles. The van der Waals surface area contributed by atoms with Gasteiger partial charge in [0.15, 0.2) is 6.73 Å². The van der Waals surface area contributed by atoms with E-state index in [4.69, 9.17) is 4.74 Å². The molecule has 130 valence electrons. The Hall–Kier alpha value is -3.09. The van der Waals surface area contributed by atoms with Gasteiger partial charge in [0.1, 0.15) is 5.75 Å². The molecule has 7 heteroatoms. The molecule has 7 nitrogen and oxygen atoms in total. The van der Waals surface area contributed by atoms with Crippen LogP contribution in [0.4, 0.5) is 5.69 Å². The van der Waals surface area contributed by atoms with E-state index in [2.05, 4.69) is 22.4 Å². The summed E-state index contributed by atoms with van der Waals surface area (Å²) in [6.45, 7) is 4.23. The minimum absolute atomic E-state index is 0.207. The Kier molecular flexibility index (Phi) is 4.83. The smallest absolute Gasteiger partial charge is 0.259 e. The lowest BCUT2D eigenvalue weighted by Crippen LogP contribution is -2.12. The highest BCUT2D eigenvalue weighted by Gasteiger charge is 2.13. The van der Waals surface area contributed by atoms with Crippen LogP contribution in [0.3, 0.4) is 0 Å². The number of hydrogen-bond donors (Lipinski definition) is 1. The van der Waals surface area contributed by atoms with Crippen LogP contribution in [0, 0.1) is 6.92 Å². The third-order valence-corrected chi connectivity index (χ3v) is 4.07. The molecule has 25 heavy (non-hydrogen) atoms. The number of aromatic nitrogens is 4. The number of hydrogen-bond acceptors (Lipinski definition) is 4. The molecule has 1 amide bonds. The summed E-state index contributed by atoms with van der Waals surface area (Å²) in [5.41, 5.74) is 3.23. The zero-order chi connectivity index (χ0) is 17.8. The number of aryl methyl sites for hydroxylation is 2. The summed E-state index contributed by atoms with van der Waals surface area (Å²) in [5.74, 6) is 0.575. The molecule has 0 spiro atoms. The molecular weight excluding hydrogens is 318 g/mol. The second kappa shape index (κ2) is 7.21. The van der Waals surface area contributed by atoms with Gasteiger partial charge in [0.2, 0.25) is 0 Å². The number of carbonyl (C=O) groups is 1. The summed E-state index contributed by atoms with van der Waals surface area (Å²) in [7, 11) is 1.80. The van der Waals surface area contributed by atoms with Crippen molar-refractivity contribution in [2.75, 3.05) is 5.32 Å². The van der Waals surface area contributed by atoms with E-state index < -0.39 is 0 Å². The second-order valence-electron chi connectivity index (χ2n) is 5.76. The summed E-state index contributed by atoms with van der Waals surface area (Å²) in [4.78, 5) is 12.3. The van der Waals surface area contributed by atoms with E-state index in [0.717, 1.165) is 17.9 Å². The Morgan fingerprint density at radius 2 is 1.96 bits per heavy atom. The third-order valence-electron chi connectivity index (χ3n) is 4.07. The van der Waals surface area contributed by atoms with Crippen LogP contribution in [0.25, 0.3) is 0 Å². The number of nitrogens with zero attached hydrogens (tertiary/aromatic N) is 4. The van der Waals surface area contributed by atoms with Gasteiger partial charge in [-0.25, -0.2) is 4.68 Å². The largest absolute Gasteiger partial charge is 0.471 e. The molecule has 0 fully saturated rings. The van der Waals surface area contributed by atoms with Crippen LogP contribution < -0.4 is 10.1 Å². The summed E-state index contributed by atoms with van der Waals surface area (Å²) in [6, 6.07) is 7.97. The normalized spacial score (nSPS) is 10.7. The van der Waals surface area contributed by atoms with Crippen LogP contribution in [0.5, 0.6) is 5.75 Å². The van der Waals surface area contributed by atoms with E-state index in [1.54, 1.807) is 35.0 Å². The maximum atomic E-state index is 12.3. The molecule has 0 saturated heterocycles. The first-order chi connectivity index (χ1) is 12.1. The fourth-order valence-corrected chi connectivity index (χ4v) is 2.38. The van der Waals surface area contributed by atoms with Gasteiger partial charge in [-0.2, -0.15) is 10.2 Å². The fourth-order valence-electron chi connectivity index (χ4n) is 2.38. The van der Waals surface area contributed by atoms with Crippen molar-refractivity contribution in [1.29, 1.82) is 0 Å². The molecule has 2 aromatic heterocycles. The van der Waals surface area contributed by atoms with Gasteiger partial charge >= 0.3 is 0 Å². The molecule has 0 unspecified atom stereocenters. The number of ether oxygens (including phenoxy) is 1. The van der Waals surface area contributed by atoms with Crippen molar-refractivity contribution in [3.63, 3.8) is 0 Å². The minimum atomic E-state index is -0.207. The highest BCUT2D eigenvalue weighted by Crippen LogP contribution is 2.14. The topological polar surface area (TPSA) is 74.0 Å². The summed E-state index contributed by atoms with van der Waals surface area (Å²) < 4.78 is 8.98. The van der Waals surface area contributed by atoms with Crippen LogP contribution in [0.1, 0.15) is 28.5 Å². The molecule has 1 aromatic carbocycles. The Labute approximate surface area is 146 Å². The van der Waals surface area contributed by atoms with Crippen LogP contribution in [0.15, 0.2) is 42.9 Å². The number of benzene rings is 1. The number of anilines is 1. The van der Waals surface area contributed by atoms with Gasteiger partial charge in [0.05, 0.1) is 29.8 Å². The van der Waals surface area contributed by atoms with Crippen molar-refractivity contribution in [3.05, 3.63) is 59.7 Å². The maximum absolute atomic E-state index is 12.3. The van der Waals surface area contributed by atoms with Gasteiger partial charge in [-0.1, -0.05) is 19.1 Å². The molecule has 3 rings (SSSR count). The first-order valence-corrected chi connectivity index (χ1v) is 8.11. The van der Waals surface area contributed by atoms with Gasteiger partial charge in [0.25, 0.3) is 5.91 Å². The van der Waals surface area contributed by atoms with Gasteiger partial charge in [-0.05, 0) is 31.0 Å². The first kappa shape index (κ1) is 16.8. The van der Waals surface area contributed by atoms with Gasteiger partial charge in [-0.3, -0.25) is 9.48 Å². The van der Waals surface area contributed by atoms with Crippen molar-refractivity contribution < 1.29 is 9.53 Å². The van der Waals surface area contributed by atoms with Crippen LogP contribution in [-0.2, 0) is 20.2 Å². The SMILES string of the molecule is CCc1ccc(OCn2cc(NC(=O)c3cnn(C)c3C)cn2)cc1. The highest BCUT2D eigenvalue weighted by molar-refractivity contribution is 6.04. The highest BCUT2D eigenvalue weighted by atomic mass is 16.5. The van der Waals surface area contributed by atoms with Crippen LogP contribution in [-0.4, -0.2) is 25.5 Å². The van der Waals surface area contributed by atoms with Crippen LogP contribution in [0.2, 0.25) is 0 Å². The van der Waals surface area contributed by atoms with Crippen molar-refractivity contribution in [2.24, 2.45) is 7.05 Å². The molecule has 0 radical (unpaired) electrons. The zero-order valence-electron chi connectivity index (χ0n) is 14.6. The third kappa shape index (κ3) is 3.88. The lowest BCUT2D eigenvalue weighted by molar-refractivity contribution is 0.102. The minimum Gasteiger partial charge on any atom is -0.471 e. The molecule has 0 aliphatic rings. The average Bonchev–Trinajstić information content (AvgIpc) is 3.20. The van der Waals surface area contributed by atoms with Crippen LogP contribution >= 0.6 is 0 Å². The summed E-state index contributed by atoms with van der Waals surface area (Å²) in [6.07, 6.45) is 5.87. The standard InChI is InChI=1S/C18H21N5O2/c1-4-14-5-7-16(8-6-14)25-12-23-11-15(9-20-23)21-18(24)17-10-19-22(3)13(17)2/h5-11H,4,12H2,1-3H3,(H,21,24). The summed E-state index contributed by atoms with van der Waals surface area (Å²) >= 11 is 0. The van der Waals surface area contributed by atoms with Crippen molar-refractivity contribution in [3.8, 4) is 5.75 Å². The molecular formula is C18H21N5O2. The lowest BCUT2D eigenvalue weighted by atomic mass is 10.2. The summed E-state index contributed by atoms with van der Waals surface area (Å²) in [5, 5.41) is 11.1. The monoisotopic (exact) mass is 339 g/mol. The van der Waals surface area contributed by atoms with Crippen molar-refractivity contribution in [1.82, 2.24) is 19.6 Å². The molecule has 0 bridgehead atoms. The molecule has 3 aromatic rings. The van der Waals surface area contributed by atoms with Gasteiger partial charge in [-0.15, -0.1) is 0 Å². The van der Waals surface area contributed by atoms with Gasteiger partial charge in [0, 0.05) is 12.7 Å². The van der Waals surface area contributed by atoms with E-state index in [-0.39, 0.29) is 12.6 Å². The number of nitrogens with one attached hydrogen (secondary N) is 1. The molecule has 0 aliphatic carbocycles. The zero-order valence-corrected chi connectivity index (χ0v) is 14.6. The Morgan fingerprint density at radius 1 is 1.20 bits per heavy atom. The number of amides is 1. The van der Waals surface area contributed by atoms with E-state index in [0.29, 0.717) is 11.3 Å². The van der Waals surface area contributed by atoms with E-state index in [1.165, 1.54) is 5.56 Å². The molecule has 0 atom stereocenters. The average molecular weight is 339 g/mol. The number of carbonyl (C=O) groups excluding carboxylic acids is 1. The van der Waals surface area contributed by atoms with E-state index in [9.17, 15) is 4.79 Å². The Balaban J connectivity index is 1.58. The second-order valence-corrected chi connectivity index (χ2v) is 5.76. The molecule has 0 saturated carbocycles. The molecule has 1 N–H and O–H groups in total. The van der Waals surface area contributed by atoms with E-state index >= 15 is 0 Å². The van der Waals surface area contributed by atoms with Crippen molar-refractivity contribution >= 4 is 11.6 Å². The predicted octanol–water partition coefficient (Wildman–Crippen LogP) is 2.78. The van der Waals surface area contributed by atoms with E-state index in [1.807, 2.05) is 31.2 Å². The predicted molar refractivity (Wildman–Crippen MR) is 94.6 cm³/mol. The first-order valence-electron chi connectivity index (χ1n) is 8.11. The quantitative estimate of drug-likeness (QED) is 0.749. The maximum Gasteiger partial charge on any atom is 0.259 e. The van der Waals surface area contributed by atoms with Crippen molar-refractivity contribution in [2.45, 2.75) is 27.0 Å². The fraction of sp³-hybridized carbons (Fsp3) is 0.278. The number of rotatable bonds is 6. The Morgan fingerprint density at radius 3 is 2.60 bits per heavy atom. The Bertz CT molecular complexity index is 864. The lowest BCUT2D eigenvalue weighted by Gasteiger charge is -2.06. The molecule has 0 aliphatic heterocycles. The van der Waals surface area contributed by atoms with Gasteiger partial charge < -0.3 is 10.1 Å².